The smallest absolute Gasteiger partial charge is 0.252 e. The first kappa shape index (κ1) is 21.0. The van der Waals surface area contributed by atoms with Gasteiger partial charge in [0.2, 0.25) is 11.8 Å². The minimum Gasteiger partial charge on any atom is -0.478 e. The van der Waals surface area contributed by atoms with Gasteiger partial charge in [-0.25, -0.2) is 9.97 Å². The van der Waals surface area contributed by atoms with Crippen LogP contribution in [-0.2, 0) is 0 Å². The third-order valence-electron chi connectivity index (χ3n) is 4.16. The third-order valence-corrected chi connectivity index (χ3v) is 4.16. The summed E-state index contributed by atoms with van der Waals surface area (Å²) >= 11 is 0. The van der Waals surface area contributed by atoms with Gasteiger partial charge in [-0.2, -0.15) is 4.98 Å². The summed E-state index contributed by atoms with van der Waals surface area (Å²) in [5, 5.41) is 9.26. The highest BCUT2D eigenvalue weighted by atomic mass is 16.5. The first-order valence-electron chi connectivity index (χ1n) is 9.84. The number of rotatable bonds is 9. The standard InChI is InChI=1S/C22H26N6O2/c1-4-30-20-10-7-17(14-25-20)21(29)23-11-12-24-22-26-16(3)13-19(28-22)27-18-8-5-15(2)6-9-18/h5-10,13-14H,4,11-12H2,1-3H3,(H,23,29)(H2,24,26,27,28). The number of hydrogen-bond acceptors (Lipinski definition) is 7. The molecule has 0 bridgehead atoms. The minimum absolute atomic E-state index is 0.195. The quantitative estimate of drug-likeness (QED) is 0.468. The maximum absolute atomic E-state index is 12.2. The van der Waals surface area contributed by atoms with Crippen LogP contribution in [0.5, 0.6) is 5.88 Å². The fraction of sp³-hybridized carbons (Fsp3) is 0.273. The molecule has 8 heteroatoms. The summed E-state index contributed by atoms with van der Waals surface area (Å²) in [6.45, 7) is 7.29. The molecule has 1 aromatic carbocycles. The first-order chi connectivity index (χ1) is 14.5. The molecule has 1 amide bonds. The number of carbonyl (C=O) groups excluding carboxylic acids is 1. The molecule has 0 radical (unpaired) electrons. The molecule has 0 saturated heterocycles. The molecule has 156 valence electrons. The third kappa shape index (κ3) is 6.16. The molecule has 0 aliphatic heterocycles. The van der Waals surface area contributed by atoms with Crippen molar-refractivity contribution in [2.75, 3.05) is 30.3 Å². The molecule has 0 spiro atoms. The van der Waals surface area contributed by atoms with E-state index in [2.05, 4.69) is 30.9 Å². The Morgan fingerprint density at radius 3 is 2.53 bits per heavy atom. The molecule has 0 saturated carbocycles. The van der Waals surface area contributed by atoms with Gasteiger partial charge < -0.3 is 20.7 Å². The van der Waals surface area contributed by atoms with E-state index in [1.165, 1.54) is 11.8 Å². The second-order valence-corrected chi connectivity index (χ2v) is 6.71. The molecule has 2 heterocycles. The zero-order valence-corrected chi connectivity index (χ0v) is 17.4. The van der Waals surface area contributed by atoms with E-state index < -0.39 is 0 Å². The van der Waals surface area contributed by atoms with Gasteiger partial charge in [-0.1, -0.05) is 17.7 Å². The van der Waals surface area contributed by atoms with E-state index in [0.29, 0.717) is 42.9 Å². The van der Waals surface area contributed by atoms with Gasteiger partial charge >= 0.3 is 0 Å². The Kier molecular flexibility index (Phi) is 7.15. The summed E-state index contributed by atoms with van der Waals surface area (Å²) in [5.41, 5.74) is 3.48. The highest BCUT2D eigenvalue weighted by Crippen LogP contribution is 2.17. The van der Waals surface area contributed by atoms with Crippen LogP contribution in [0.3, 0.4) is 0 Å². The Morgan fingerprint density at radius 1 is 1.03 bits per heavy atom. The number of aryl methyl sites for hydroxylation is 2. The molecule has 3 aromatic rings. The van der Waals surface area contributed by atoms with Crippen molar-refractivity contribution in [3.05, 3.63) is 65.5 Å². The number of pyridine rings is 1. The summed E-state index contributed by atoms with van der Waals surface area (Å²) in [7, 11) is 0. The first-order valence-corrected chi connectivity index (χ1v) is 9.84. The molecular weight excluding hydrogens is 380 g/mol. The lowest BCUT2D eigenvalue weighted by molar-refractivity contribution is 0.0954. The van der Waals surface area contributed by atoms with Crippen molar-refractivity contribution in [2.45, 2.75) is 20.8 Å². The van der Waals surface area contributed by atoms with Gasteiger partial charge in [0, 0.05) is 42.8 Å². The molecule has 0 atom stereocenters. The number of aromatic nitrogens is 3. The van der Waals surface area contributed by atoms with Crippen LogP contribution >= 0.6 is 0 Å². The van der Waals surface area contributed by atoms with Crippen LogP contribution in [0.15, 0.2) is 48.7 Å². The van der Waals surface area contributed by atoms with Crippen molar-refractivity contribution in [3.63, 3.8) is 0 Å². The van der Waals surface area contributed by atoms with Crippen molar-refractivity contribution in [2.24, 2.45) is 0 Å². The van der Waals surface area contributed by atoms with E-state index in [-0.39, 0.29) is 5.91 Å². The van der Waals surface area contributed by atoms with Gasteiger partial charge in [0.05, 0.1) is 12.2 Å². The normalized spacial score (nSPS) is 10.4. The van der Waals surface area contributed by atoms with Gasteiger partial charge in [-0.05, 0) is 39.0 Å². The van der Waals surface area contributed by atoms with Gasteiger partial charge in [-0.3, -0.25) is 4.79 Å². The summed E-state index contributed by atoms with van der Waals surface area (Å²) in [5.74, 6) is 1.52. The number of carbonyl (C=O) groups is 1. The second kappa shape index (κ2) is 10.2. The number of nitrogens with zero attached hydrogens (tertiary/aromatic N) is 3. The van der Waals surface area contributed by atoms with Crippen molar-refractivity contribution >= 4 is 23.4 Å². The van der Waals surface area contributed by atoms with Crippen molar-refractivity contribution in [1.82, 2.24) is 20.3 Å². The van der Waals surface area contributed by atoms with Crippen LogP contribution in [0.1, 0.15) is 28.5 Å². The predicted octanol–water partition coefficient (Wildman–Crippen LogP) is 3.47. The van der Waals surface area contributed by atoms with Crippen LogP contribution < -0.4 is 20.7 Å². The number of nitrogens with one attached hydrogen (secondary N) is 3. The Morgan fingerprint density at radius 2 is 1.83 bits per heavy atom. The van der Waals surface area contributed by atoms with Crippen molar-refractivity contribution < 1.29 is 9.53 Å². The average Bonchev–Trinajstić information content (AvgIpc) is 2.73. The van der Waals surface area contributed by atoms with Crippen molar-refractivity contribution in [3.8, 4) is 5.88 Å². The van der Waals surface area contributed by atoms with Crippen LogP contribution in [-0.4, -0.2) is 40.6 Å². The zero-order chi connectivity index (χ0) is 21.3. The van der Waals surface area contributed by atoms with E-state index in [9.17, 15) is 4.79 Å². The highest BCUT2D eigenvalue weighted by molar-refractivity contribution is 5.93. The summed E-state index contributed by atoms with van der Waals surface area (Å²) in [6, 6.07) is 13.3. The SMILES string of the molecule is CCOc1ccc(C(=O)NCCNc2nc(C)cc(Nc3ccc(C)cc3)n2)cn1. The molecule has 30 heavy (non-hydrogen) atoms. The van der Waals surface area contributed by atoms with Crippen LogP contribution in [0, 0.1) is 13.8 Å². The molecule has 2 aromatic heterocycles. The second-order valence-electron chi connectivity index (χ2n) is 6.71. The molecule has 0 fully saturated rings. The summed E-state index contributed by atoms with van der Waals surface area (Å²) in [4.78, 5) is 25.2. The Hall–Kier alpha value is -3.68. The number of amides is 1. The summed E-state index contributed by atoms with van der Waals surface area (Å²) < 4.78 is 5.28. The molecule has 3 rings (SSSR count). The highest BCUT2D eigenvalue weighted by Gasteiger charge is 2.07. The van der Waals surface area contributed by atoms with E-state index in [1.54, 1.807) is 12.1 Å². The van der Waals surface area contributed by atoms with Gasteiger partial charge in [0.1, 0.15) is 5.82 Å². The lowest BCUT2D eigenvalue weighted by Gasteiger charge is -2.11. The molecule has 0 unspecified atom stereocenters. The number of hydrogen-bond donors (Lipinski definition) is 3. The summed E-state index contributed by atoms with van der Waals surface area (Å²) in [6.07, 6.45) is 1.50. The van der Waals surface area contributed by atoms with Gasteiger partial charge in [0.25, 0.3) is 5.91 Å². The maximum atomic E-state index is 12.2. The topological polar surface area (TPSA) is 101 Å². The van der Waals surface area contributed by atoms with Crippen LogP contribution in [0.2, 0.25) is 0 Å². The van der Waals surface area contributed by atoms with Crippen LogP contribution in [0.4, 0.5) is 17.5 Å². The largest absolute Gasteiger partial charge is 0.478 e. The van der Waals surface area contributed by atoms with Gasteiger partial charge in [0.15, 0.2) is 0 Å². The fourth-order valence-electron chi connectivity index (χ4n) is 2.70. The Labute approximate surface area is 176 Å². The number of anilines is 3. The van der Waals surface area contributed by atoms with E-state index in [0.717, 1.165) is 11.4 Å². The zero-order valence-electron chi connectivity index (χ0n) is 17.4. The average molecular weight is 406 g/mol. The molecule has 0 aliphatic carbocycles. The fourth-order valence-corrected chi connectivity index (χ4v) is 2.70. The number of benzene rings is 1. The van der Waals surface area contributed by atoms with Crippen LogP contribution in [0.25, 0.3) is 0 Å². The predicted molar refractivity (Wildman–Crippen MR) is 117 cm³/mol. The lowest BCUT2D eigenvalue weighted by Crippen LogP contribution is -2.29. The lowest BCUT2D eigenvalue weighted by atomic mass is 10.2. The maximum Gasteiger partial charge on any atom is 0.252 e. The van der Waals surface area contributed by atoms with Gasteiger partial charge in [-0.15, -0.1) is 0 Å². The molecule has 3 N–H and O–H groups in total. The Balaban J connectivity index is 1.50. The van der Waals surface area contributed by atoms with E-state index >= 15 is 0 Å². The van der Waals surface area contributed by atoms with E-state index in [4.69, 9.17) is 4.74 Å². The van der Waals surface area contributed by atoms with Crippen molar-refractivity contribution in [1.29, 1.82) is 0 Å². The monoisotopic (exact) mass is 406 g/mol. The minimum atomic E-state index is -0.195. The molecule has 0 aliphatic rings. The molecule has 8 nitrogen and oxygen atoms in total. The molecular formula is C22H26N6O2. The number of ether oxygens (including phenoxy) is 1. The Bertz CT molecular complexity index is 974. The van der Waals surface area contributed by atoms with E-state index in [1.807, 2.05) is 51.1 Å².